The normalized spacial score (nSPS) is 35.7. The van der Waals surface area contributed by atoms with Crippen molar-refractivity contribution in [2.75, 3.05) is 27.4 Å². The maximum absolute atomic E-state index is 11.9. The third kappa shape index (κ3) is 3.87. The van der Waals surface area contributed by atoms with E-state index in [4.69, 9.17) is 23.7 Å². The fourth-order valence-electron chi connectivity index (χ4n) is 3.20. The molecule has 0 amide bonds. The van der Waals surface area contributed by atoms with Crippen LogP contribution in [0.2, 0.25) is 0 Å². The smallest absolute Gasteiger partial charge is 0.311 e. The Balaban J connectivity index is 2.09. The van der Waals surface area contributed by atoms with Crippen molar-refractivity contribution in [3.63, 3.8) is 0 Å². The van der Waals surface area contributed by atoms with Crippen LogP contribution in [-0.4, -0.2) is 57.5 Å². The molecule has 23 heavy (non-hydrogen) atoms. The van der Waals surface area contributed by atoms with Gasteiger partial charge in [-0.2, -0.15) is 0 Å². The molecule has 2 rings (SSSR count). The van der Waals surface area contributed by atoms with Crippen LogP contribution in [0.15, 0.2) is 0 Å². The zero-order valence-electron chi connectivity index (χ0n) is 14.7. The average molecular weight is 330 g/mol. The predicted molar refractivity (Wildman–Crippen MR) is 84.0 cm³/mol. The number of hydrogen-bond donors (Lipinski definition) is 0. The van der Waals surface area contributed by atoms with E-state index in [1.54, 1.807) is 7.11 Å². The maximum atomic E-state index is 11.9. The van der Waals surface area contributed by atoms with E-state index in [1.165, 1.54) is 7.11 Å². The van der Waals surface area contributed by atoms with Crippen molar-refractivity contribution in [1.82, 2.24) is 0 Å². The number of rotatable bonds is 10. The first-order valence-electron chi connectivity index (χ1n) is 8.66. The minimum absolute atomic E-state index is 0.252. The largest absolute Gasteiger partial charge is 0.469 e. The molecule has 2 aliphatic rings. The lowest BCUT2D eigenvalue weighted by Crippen LogP contribution is -2.41. The summed E-state index contributed by atoms with van der Waals surface area (Å²) < 4.78 is 28.5. The van der Waals surface area contributed by atoms with Gasteiger partial charge in [-0.25, -0.2) is 0 Å². The summed E-state index contributed by atoms with van der Waals surface area (Å²) in [6.07, 6.45) is 3.55. The van der Waals surface area contributed by atoms with Gasteiger partial charge in [0.2, 0.25) is 0 Å². The van der Waals surface area contributed by atoms with Crippen LogP contribution in [0.3, 0.4) is 0 Å². The van der Waals surface area contributed by atoms with E-state index in [9.17, 15) is 4.79 Å². The lowest BCUT2D eigenvalue weighted by atomic mass is 10.1. The lowest BCUT2D eigenvalue weighted by molar-refractivity contribution is -0.171. The Hall–Kier alpha value is -0.690. The highest BCUT2D eigenvalue weighted by Gasteiger charge is 2.73. The van der Waals surface area contributed by atoms with Gasteiger partial charge in [0, 0.05) is 20.3 Å². The molecule has 1 heterocycles. The second-order valence-corrected chi connectivity index (χ2v) is 6.29. The third-order valence-electron chi connectivity index (χ3n) is 4.66. The zero-order valence-corrected chi connectivity index (χ0v) is 14.7. The molecule has 0 aromatic rings. The van der Waals surface area contributed by atoms with Crippen molar-refractivity contribution < 1.29 is 28.5 Å². The fraction of sp³-hybridized carbons (Fsp3) is 0.941. The summed E-state index contributed by atoms with van der Waals surface area (Å²) in [5.41, 5.74) is -0.654. The molecule has 1 spiro atoms. The fourth-order valence-corrected chi connectivity index (χ4v) is 3.20. The number of esters is 1. The summed E-state index contributed by atoms with van der Waals surface area (Å²) in [5.74, 6) is -0.547. The number of carbonyl (C=O) groups excluding carboxylic acids is 1. The molecule has 0 aromatic heterocycles. The second-order valence-electron chi connectivity index (χ2n) is 6.29. The highest BCUT2D eigenvalue weighted by Crippen LogP contribution is 2.57. The van der Waals surface area contributed by atoms with Gasteiger partial charge in [0.15, 0.2) is 6.29 Å². The van der Waals surface area contributed by atoms with Crippen molar-refractivity contribution in [2.24, 2.45) is 5.92 Å². The SMILES string of the molecule is CCCCO[C@H]1[C@@H](OC)OC2(CC2C(=O)OC)[C@H]1OCCCC. The molecule has 6 heteroatoms. The predicted octanol–water partition coefficient (Wildman–Crippen LogP) is 2.29. The van der Waals surface area contributed by atoms with Crippen molar-refractivity contribution in [3.05, 3.63) is 0 Å². The first-order chi connectivity index (χ1) is 11.1. The summed E-state index contributed by atoms with van der Waals surface area (Å²) in [5, 5.41) is 0. The highest BCUT2D eigenvalue weighted by atomic mass is 16.7. The van der Waals surface area contributed by atoms with E-state index >= 15 is 0 Å². The molecular formula is C17H30O6. The van der Waals surface area contributed by atoms with Crippen LogP contribution >= 0.6 is 0 Å². The van der Waals surface area contributed by atoms with Gasteiger partial charge in [-0.05, 0) is 19.3 Å². The minimum Gasteiger partial charge on any atom is -0.469 e. The molecule has 0 radical (unpaired) electrons. The molecule has 1 aliphatic carbocycles. The Morgan fingerprint density at radius 2 is 1.78 bits per heavy atom. The highest BCUT2D eigenvalue weighted by molar-refractivity contribution is 5.78. The standard InChI is InChI=1S/C17H30O6/c1-5-7-9-21-13-14(22-10-8-6-2)17(23-16(13)20-4)11-12(17)15(18)19-3/h12-14,16H,5-11H2,1-4H3/t12?,13-,14+,16+,17?/m1/s1. The Bertz CT molecular complexity index is 387. The zero-order chi connectivity index (χ0) is 16.9. The molecule has 134 valence electrons. The maximum Gasteiger partial charge on any atom is 0.311 e. The van der Waals surface area contributed by atoms with Crippen LogP contribution in [0.5, 0.6) is 0 Å². The van der Waals surface area contributed by atoms with Gasteiger partial charge >= 0.3 is 5.97 Å². The van der Waals surface area contributed by atoms with Crippen molar-refractivity contribution in [3.8, 4) is 0 Å². The number of ether oxygens (including phenoxy) is 5. The number of carbonyl (C=O) groups is 1. The monoisotopic (exact) mass is 330 g/mol. The lowest BCUT2D eigenvalue weighted by Gasteiger charge is -2.24. The summed E-state index contributed by atoms with van der Waals surface area (Å²) in [6.45, 7) is 5.50. The van der Waals surface area contributed by atoms with E-state index in [0.29, 0.717) is 19.6 Å². The Kier molecular flexibility index (Phi) is 6.83. The van der Waals surface area contributed by atoms with E-state index in [2.05, 4.69) is 13.8 Å². The van der Waals surface area contributed by atoms with Gasteiger partial charge in [0.25, 0.3) is 0 Å². The Labute approximate surface area is 138 Å². The molecule has 1 saturated heterocycles. The molecule has 2 unspecified atom stereocenters. The van der Waals surface area contributed by atoms with Crippen LogP contribution in [-0.2, 0) is 28.5 Å². The molecule has 0 bridgehead atoms. The summed E-state index contributed by atoms with van der Waals surface area (Å²) >= 11 is 0. The average Bonchev–Trinajstić information content (AvgIpc) is 3.21. The molecule has 1 aliphatic heterocycles. The first-order valence-corrected chi connectivity index (χ1v) is 8.66. The van der Waals surface area contributed by atoms with Crippen molar-refractivity contribution in [1.29, 1.82) is 0 Å². The molecule has 1 saturated carbocycles. The summed E-state index contributed by atoms with van der Waals surface area (Å²) in [4.78, 5) is 11.9. The third-order valence-corrected chi connectivity index (χ3v) is 4.66. The van der Waals surface area contributed by atoms with Crippen LogP contribution in [0, 0.1) is 5.92 Å². The van der Waals surface area contributed by atoms with Gasteiger partial charge in [0.1, 0.15) is 17.8 Å². The molecule has 6 nitrogen and oxygen atoms in total. The van der Waals surface area contributed by atoms with Gasteiger partial charge < -0.3 is 23.7 Å². The van der Waals surface area contributed by atoms with Crippen molar-refractivity contribution in [2.45, 2.75) is 70.1 Å². The van der Waals surface area contributed by atoms with E-state index in [1.807, 2.05) is 0 Å². The Morgan fingerprint density at radius 1 is 1.13 bits per heavy atom. The quantitative estimate of drug-likeness (QED) is 0.452. The van der Waals surface area contributed by atoms with Gasteiger partial charge in [0.05, 0.1) is 13.0 Å². The molecule has 0 aromatic carbocycles. The van der Waals surface area contributed by atoms with Crippen LogP contribution in [0.25, 0.3) is 0 Å². The van der Waals surface area contributed by atoms with E-state index in [0.717, 1.165) is 25.7 Å². The molecule has 0 N–H and O–H groups in total. The minimum atomic E-state index is -0.654. The van der Waals surface area contributed by atoms with Gasteiger partial charge in [-0.1, -0.05) is 26.7 Å². The van der Waals surface area contributed by atoms with E-state index < -0.39 is 11.9 Å². The number of unbranched alkanes of at least 4 members (excludes halogenated alkanes) is 2. The molecular weight excluding hydrogens is 300 g/mol. The van der Waals surface area contributed by atoms with Gasteiger partial charge in [-0.15, -0.1) is 0 Å². The van der Waals surface area contributed by atoms with Crippen LogP contribution < -0.4 is 0 Å². The summed E-state index contributed by atoms with van der Waals surface area (Å²) in [7, 11) is 3.00. The van der Waals surface area contributed by atoms with E-state index in [-0.39, 0.29) is 24.1 Å². The van der Waals surface area contributed by atoms with Gasteiger partial charge in [-0.3, -0.25) is 4.79 Å². The molecule has 5 atom stereocenters. The van der Waals surface area contributed by atoms with Crippen molar-refractivity contribution >= 4 is 5.97 Å². The number of hydrogen-bond acceptors (Lipinski definition) is 6. The Morgan fingerprint density at radius 3 is 2.35 bits per heavy atom. The first kappa shape index (κ1) is 18.6. The van der Waals surface area contributed by atoms with Crippen LogP contribution in [0.4, 0.5) is 0 Å². The number of methoxy groups -OCH3 is 2. The second kappa shape index (κ2) is 8.42. The molecule has 2 fully saturated rings. The topological polar surface area (TPSA) is 63.2 Å². The summed E-state index contributed by atoms with van der Waals surface area (Å²) in [6, 6.07) is 0. The van der Waals surface area contributed by atoms with Crippen LogP contribution in [0.1, 0.15) is 46.0 Å².